The minimum absolute atomic E-state index is 0.00551. The van der Waals surface area contributed by atoms with Crippen molar-refractivity contribution < 1.29 is 22.7 Å². The van der Waals surface area contributed by atoms with Crippen LogP contribution in [0.1, 0.15) is 25.0 Å². The zero-order chi connectivity index (χ0) is 29.4. The summed E-state index contributed by atoms with van der Waals surface area (Å²) in [5.74, 6) is -0.497. The van der Waals surface area contributed by atoms with Gasteiger partial charge in [-0.25, -0.2) is 8.42 Å². The normalized spacial score (nSPS) is 12.1. The molecule has 2 amide bonds. The summed E-state index contributed by atoms with van der Waals surface area (Å²) in [7, 11) is -2.42. The summed E-state index contributed by atoms with van der Waals surface area (Å²) in [4.78, 5) is 29.0. The molecule has 8 nitrogen and oxygen atoms in total. The van der Waals surface area contributed by atoms with Crippen LogP contribution in [0.4, 0.5) is 5.69 Å². The third-order valence-corrected chi connectivity index (χ3v) is 7.94. The van der Waals surface area contributed by atoms with E-state index in [4.69, 9.17) is 27.9 Å². The van der Waals surface area contributed by atoms with Crippen molar-refractivity contribution in [1.82, 2.24) is 10.2 Å². The van der Waals surface area contributed by atoms with Crippen LogP contribution in [0, 0.1) is 0 Å². The molecule has 1 unspecified atom stereocenters. The highest BCUT2D eigenvalue weighted by atomic mass is 35.5. The Morgan fingerprint density at radius 3 is 2.23 bits per heavy atom. The molecule has 0 fully saturated rings. The van der Waals surface area contributed by atoms with Gasteiger partial charge in [0.05, 0.1) is 29.1 Å². The van der Waals surface area contributed by atoms with Crippen molar-refractivity contribution in [2.45, 2.75) is 38.9 Å². The maximum absolute atomic E-state index is 14.1. The lowest BCUT2D eigenvalue weighted by molar-refractivity contribution is -0.140. The summed E-state index contributed by atoms with van der Waals surface area (Å²) in [5, 5.41) is 3.55. The Labute approximate surface area is 245 Å². The van der Waals surface area contributed by atoms with Crippen molar-refractivity contribution in [1.29, 1.82) is 0 Å². The summed E-state index contributed by atoms with van der Waals surface area (Å²) < 4.78 is 32.0. The highest BCUT2D eigenvalue weighted by molar-refractivity contribution is 7.92. The van der Waals surface area contributed by atoms with E-state index in [-0.39, 0.29) is 30.6 Å². The Hall–Kier alpha value is -3.27. The van der Waals surface area contributed by atoms with E-state index in [0.717, 1.165) is 16.1 Å². The number of nitrogens with one attached hydrogen (secondary N) is 1. The third-order valence-electron chi connectivity index (χ3n) is 6.06. The number of ether oxygens (including phenoxy) is 1. The number of nitrogens with zero attached hydrogens (tertiary/aromatic N) is 2. The average molecular weight is 607 g/mol. The molecule has 0 aliphatic heterocycles. The number of hydrogen-bond donors (Lipinski definition) is 1. The van der Waals surface area contributed by atoms with E-state index in [1.54, 1.807) is 36.4 Å². The Balaban J connectivity index is 2.08. The first-order valence-corrected chi connectivity index (χ1v) is 15.2. The first-order valence-electron chi connectivity index (χ1n) is 12.6. The minimum Gasteiger partial charge on any atom is -0.497 e. The van der Waals surface area contributed by atoms with E-state index < -0.39 is 28.5 Å². The fourth-order valence-corrected chi connectivity index (χ4v) is 5.31. The molecule has 0 radical (unpaired) electrons. The summed E-state index contributed by atoms with van der Waals surface area (Å²) in [6.45, 7) is 3.12. The smallest absolute Gasteiger partial charge is 0.244 e. The number of carbonyl (C=O) groups excluding carboxylic acids is 2. The number of sulfonamides is 1. The van der Waals surface area contributed by atoms with Gasteiger partial charge in [0.1, 0.15) is 18.3 Å². The fraction of sp³-hybridized carbons (Fsp3) is 0.310. The van der Waals surface area contributed by atoms with Crippen molar-refractivity contribution in [3.63, 3.8) is 0 Å². The number of halogens is 2. The van der Waals surface area contributed by atoms with Gasteiger partial charge in [-0.15, -0.1) is 0 Å². The maximum atomic E-state index is 14.1. The number of amides is 2. The molecule has 1 N–H and O–H groups in total. The summed E-state index contributed by atoms with van der Waals surface area (Å²) >= 11 is 12.4. The van der Waals surface area contributed by atoms with Gasteiger partial charge in [0.25, 0.3) is 0 Å². The second kappa shape index (κ2) is 13.9. The van der Waals surface area contributed by atoms with Crippen LogP contribution >= 0.6 is 23.2 Å². The first-order chi connectivity index (χ1) is 18.9. The van der Waals surface area contributed by atoms with E-state index in [9.17, 15) is 18.0 Å². The van der Waals surface area contributed by atoms with Gasteiger partial charge in [-0.2, -0.15) is 0 Å². The molecule has 3 aromatic rings. The van der Waals surface area contributed by atoms with Gasteiger partial charge in [0.15, 0.2) is 0 Å². The molecule has 40 heavy (non-hydrogen) atoms. The molecule has 0 aliphatic carbocycles. The SMILES string of the molecule is COc1cccc(N(CC(=O)N(Cc2ccc(Cl)c(Cl)c2)C(Cc2ccccc2)C(=O)NC(C)C)S(C)(=O)=O)c1. The maximum Gasteiger partial charge on any atom is 0.244 e. The summed E-state index contributed by atoms with van der Waals surface area (Å²) in [6.07, 6.45) is 1.24. The zero-order valence-electron chi connectivity index (χ0n) is 22.8. The lowest BCUT2D eigenvalue weighted by atomic mass is 10.0. The van der Waals surface area contributed by atoms with Crippen LogP contribution in [0.2, 0.25) is 10.0 Å². The molecule has 11 heteroatoms. The Morgan fingerprint density at radius 2 is 1.62 bits per heavy atom. The van der Waals surface area contributed by atoms with Gasteiger partial charge >= 0.3 is 0 Å². The van der Waals surface area contributed by atoms with Crippen LogP contribution in [0.15, 0.2) is 72.8 Å². The molecule has 0 aliphatic rings. The van der Waals surface area contributed by atoms with E-state index in [1.807, 2.05) is 44.2 Å². The Bertz CT molecular complexity index is 1430. The van der Waals surface area contributed by atoms with Gasteiger partial charge in [-0.1, -0.05) is 65.7 Å². The molecular formula is C29H33Cl2N3O5S. The molecule has 0 bridgehead atoms. The molecule has 0 spiro atoms. The number of benzene rings is 3. The number of methoxy groups -OCH3 is 1. The molecule has 1 atom stereocenters. The highest BCUT2D eigenvalue weighted by Gasteiger charge is 2.33. The van der Waals surface area contributed by atoms with Crippen LogP contribution in [0.5, 0.6) is 5.75 Å². The van der Waals surface area contributed by atoms with Gasteiger partial charge in [-0.05, 0) is 49.2 Å². The van der Waals surface area contributed by atoms with E-state index in [1.165, 1.54) is 18.1 Å². The molecule has 0 saturated carbocycles. The Kier molecular flexibility index (Phi) is 10.8. The summed E-state index contributed by atoms with van der Waals surface area (Å²) in [6, 6.07) is 19.6. The fourth-order valence-electron chi connectivity index (χ4n) is 4.15. The molecule has 3 rings (SSSR count). The van der Waals surface area contributed by atoms with Crippen LogP contribution in [-0.4, -0.2) is 57.1 Å². The lowest BCUT2D eigenvalue weighted by Crippen LogP contribution is -2.54. The van der Waals surface area contributed by atoms with Crippen LogP contribution in [-0.2, 0) is 32.6 Å². The van der Waals surface area contributed by atoms with Crippen molar-refractivity contribution >= 4 is 50.7 Å². The van der Waals surface area contributed by atoms with E-state index in [2.05, 4.69) is 5.32 Å². The van der Waals surface area contributed by atoms with Crippen molar-refractivity contribution in [2.24, 2.45) is 0 Å². The standard InChI is InChI=1S/C29H33Cl2N3O5S/c1-20(2)32-29(36)27(16-21-9-6-5-7-10-21)33(18-22-13-14-25(30)26(31)15-22)28(35)19-34(40(4,37)38)23-11-8-12-24(17-23)39-3/h5-15,17,20,27H,16,18-19H2,1-4H3,(H,32,36). The molecule has 0 aromatic heterocycles. The van der Waals surface area contributed by atoms with Gasteiger partial charge in [0, 0.05) is 25.1 Å². The van der Waals surface area contributed by atoms with Crippen molar-refractivity contribution in [3.05, 3.63) is 94.0 Å². The minimum atomic E-state index is -3.89. The van der Waals surface area contributed by atoms with E-state index >= 15 is 0 Å². The predicted octanol–water partition coefficient (Wildman–Crippen LogP) is 4.93. The zero-order valence-corrected chi connectivity index (χ0v) is 25.1. The lowest BCUT2D eigenvalue weighted by Gasteiger charge is -2.34. The predicted molar refractivity (Wildman–Crippen MR) is 159 cm³/mol. The van der Waals surface area contributed by atoms with Crippen molar-refractivity contribution in [3.8, 4) is 5.75 Å². The second-order valence-corrected chi connectivity index (χ2v) is 12.3. The van der Waals surface area contributed by atoms with E-state index in [0.29, 0.717) is 21.4 Å². The molecule has 3 aromatic carbocycles. The Morgan fingerprint density at radius 1 is 0.925 bits per heavy atom. The first kappa shape index (κ1) is 31.3. The molecule has 0 saturated heterocycles. The molecule has 214 valence electrons. The monoisotopic (exact) mass is 605 g/mol. The number of hydrogen-bond acceptors (Lipinski definition) is 5. The third kappa shape index (κ3) is 8.61. The summed E-state index contributed by atoms with van der Waals surface area (Å²) in [5.41, 5.74) is 1.73. The van der Waals surface area contributed by atoms with Crippen LogP contribution < -0.4 is 14.4 Å². The van der Waals surface area contributed by atoms with Crippen molar-refractivity contribution in [2.75, 3.05) is 24.2 Å². The quantitative estimate of drug-likeness (QED) is 0.316. The van der Waals surface area contributed by atoms with Gasteiger partial charge in [0.2, 0.25) is 21.8 Å². The molecular weight excluding hydrogens is 573 g/mol. The average Bonchev–Trinajstić information content (AvgIpc) is 2.90. The largest absolute Gasteiger partial charge is 0.497 e. The number of rotatable bonds is 12. The topological polar surface area (TPSA) is 96.0 Å². The van der Waals surface area contributed by atoms with Crippen LogP contribution in [0.3, 0.4) is 0 Å². The number of carbonyl (C=O) groups is 2. The van der Waals surface area contributed by atoms with Gasteiger partial charge in [-0.3, -0.25) is 13.9 Å². The number of anilines is 1. The molecule has 0 heterocycles. The second-order valence-electron chi connectivity index (χ2n) is 9.61. The highest BCUT2D eigenvalue weighted by Crippen LogP contribution is 2.26. The van der Waals surface area contributed by atoms with Gasteiger partial charge < -0.3 is 15.0 Å². The van der Waals surface area contributed by atoms with Crippen LogP contribution in [0.25, 0.3) is 0 Å².